The highest BCUT2D eigenvalue weighted by molar-refractivity contribution is 7.89. The van der Waals surface area contributed by atoms with Crippen LogP contribution in [0.25, 0.3) is 0 Å². The molecule has 1 unspecified atom stereocenters. The number of benzene rings is 2. The Morgan fingerprint density at radius 2 is 1.82 bits per heavy atom. The van der Waals surface area contributed by atoms with E-state index in [4.69, 9.17) is 4.74 Å². The molecule has 2 rings (SSSR count). The molecule has 0 fully saturated rings. The molecule has 0 aliphatic rings. The molecule has 7 nitrogen and oxygen atoms in total. The van der Waals surface area contributed by atoms with Crippen LogP contribution in [0.2, 0.25) is 0 Å². The maximum atomic E-state index is 13.1. The predicted molar refractivity (Wildman–Crippen MR) is 102 cm³/mol. The Labute approximate surface area is 163 Å². The van der Waals surface area contributed by atoms with Crippen LogP contribution in [0.3, 0.4) is 0 Å². The molecule has 0 saturated heterocycles. The Morgan fingerprint density at radius 1 is 1.14 bits per heavy atom. The number of esters is 1. The Hall–Kier alpha value is -2.78. The van der Waals surface area contributed by atoms with E-state index in [1.54, 1.807) is 6.92 Å². The van der Waals surface area contributed by atoms with Gasteiger partial charge in [0.25, 0.3) is 5.91 Å². The van der Waals surface area contributed by atoms with Crippen LogP contribution in [-0.2, 0) is 19.6 Å². The number of carbonyl (C=O) groups excluding carboxylic acids is 2. The summed E-state index contributed by atoms with van der Waals surface area (Å²) in [7, 11) is -3.67. The second-order valence-corrected chi connectivity index (χ2v) is 7.80. The summed E-state index contributed by atoms with van der Waals surface area (Å²) in [6.07, 6.45) is 0.640. The first-order valence-corrected chi connectivity index (χ1v) is 10.0. The largest absolute Gasteiger partial charge is 0.452 e. The van der Waals surface area contributed by atoms with Crippen LogP contribution < -0.4 is 10.0 Å². The van der Waals surface area contributed by atoms with Crippen molar-refractivity contribution in [3.8, 4) is 0 Å². The van der Waals surface area contributed by atoms with Crippen LogP contribution in [0.15, 0.2) is 53.4 Å². The molecule has 150 valence electrons. The van der Waals surface area contributed by atoms with Gasteiger partial charge in [0.2, 0.25) is 10.0 Å². The number of anilines is 1. The normalized spacial score (nSPS) is 12.2. The van der Waals surface area contributed by atoms with E-state index in [2.05, 4.69) is 10.0 Å². The van der Waals surface area contributed by atoms with Gasteiger partial charge in [0.05, 0.1) is 10.5 Å². The molecule has 0 heterocycles. The zero-order valence-electron chi connectivity index (χ0n) is 15.4. The van der Waals surface area contributed by atoms with E-state index in [1.807, 2.05) is 6.92 Å². The second kappa shape index (κ2) is 9.43. The number of carbonyl (C=O) groups is 2. The maximum Gasteiger partial charge on any atom is 0.338 e. The molecule has 0 aromatic heterocycles. The Kier molecular flexibility index (Phi) is 7.24. The van der Waals surface area contributed by atoms with E-state index in [0.29, 0.717) is 6.42 Å². The van der Waals surface area contributed by atoms with E-state index in [9.17, 15) is 22.4 Å². The lowest BCUT2D eigenvalue weighted by Gasteiger charge is -2.12. The van der Waals surface area contributed by atoms with Crippen molar-refractivity contribution < 1.29 is 27.1 Å². The number of amides is 1. The molecule has 0 saturated carbocycles. The zero-order chi connectivity index (χ0) is 20.7. The van der Waals surface area contributed by atoms with Crippen molar-refractivity contribution >= 4 is 27.6 Å². The molecular formula is C19H21FN2O5S. The smallest absolute Gasteiger partial charge is 0.338 e. The van der Waals surface area contributed by atoms with Crippen molar-refractivity contribution in [3.63, 3.8) is 0 Å². The number of rotatable bonds is 8. The summed E-state index contributed by atoms with van der Waals surface area (Å²) < 4.78 is 44.9. The Balaban J connectivity index is 1.93. The van der Waals surface area contributed by atoms with Crippen molar-refractivity contribution in [1.82, 2.24) is 4.72 Å². The number of nitrogens with one attached hydrogen (secondary N) is 2. The van der Waals surface area contributed by atoms with Gasteiger partial charge in [-0.05, 0) is 55.8 Å². The molecule has 0 aliphatic carbocycles. The van der Waals surface area contributed by atoms with Crippen LogP contribution >= 0.6 is 0 Å². The molecule has 2 N–H and O–H groups in total. The third kappa shape index (κ3) is 6.14. The van der Waals surface area contributed by atoms with Crippen LogP contribution in [0.4, 0.5) is 10.1 Å². The van der Waals surface area contributed by atoms with Crippen molar-refractivity contribution in [1.29, 1.82) is 0 Å². The van der Waals surface area contributed by atoms with Gasteiger partial charge in [-0.2, -0.15) is 0 Å². The van der Waals surface area contributed by atoms with Gasteiger partial charge in [0.1, 0.15) is 5.82 Å². The minimum absolute atomic E-state index is 0.0215. The maximum absolute atomic E-state index is 13.1. The summed E-state index contributed by atoms with van der Waals surface area (Å²) in [6, 6.07) is 10.3. The molecule has 0 spiro atoms. The number of hydrogen-bond acceptors (Lipinski definition) is 5. The Bertz CT molecular complexity index is 945. The lowest BCUT2D eigenvalue weighted by Crippen LogP contribution is -2.32. The van der Waals surface area contributed by atoms with Crippen LogP contribution in [0.1, 0.15) is 30.6 Å². The van der Waals surface area contributed by atoms with Crippen molar-refractivity contribution in [2.75, 3.05) is 11.9 Å². The molecule has 2 aromatic carbocycles. The van der Waals surface area contributed by atoms with E-state index in [1.165, 1.54) is 42.5 Å². The molecule has 9 heteroatoms. The predicted octanol–water partition coefficient (Wildman–Crippen LogP) is 2.70. The lowest BCUT2D eigenvalue weighted by atomic mass is 10.2. The monoisotopic (exact) mass is 408 g/mol. The minimum atomic E-state index is -3.67. The SMILES string of the molecule is CCC(C)NS(=O)(=O)c1ccc(C(=O)OCC(=O)Nc2cccc(F)c2)cc1. The van der Waals surface area contributed by atoms with Crippen LogP contribution in [0.5, 0.6) is 0 Å². The Morgan fingerprint density at radius 3 is 2.43 bits per heavy atom. The van der Waals surface area contributed by atoms with Gasteiger partial charge < -0.3 is 10.1 Å². The number of sulfonamides is 1. The summed E-state index contributed by atoms with van der Waals surface area (Å²) in [6.45, 7) is 3.04. The highest BCUT2D eigenvalue weighted by atomic mass is 32.2. The number of ether oxygens (including phenoxy) is 1. The van der Waals surface area contributed by atoms with Gasteiger partial charge in [-0.15, -0.1) is 0 Å². The first kappa shape index (κ1) is 21.5. The van der Waals surface area contributed by atoms with Gasteiger partial charge in [-0.3, -0.25) is 4.79 Å². The van der Waals surface area contributed by atoms with Gasteiger partial charge in [-0.1, -0.05) is 13.0 Å². The number of hydrogen-bond donors (Lipinski definition) is 2. The first-order chi connectivity index (χ1) is 13.2. The first-order valence-electron chi connectivity index (χ1n) is 8.56. The summed E-state index contributed by atoms with van der Waals surface area (Å²) in [5.41, 5.74) is 0.338. The third-order valence-corrected chi connectivity index (χ3v) is 5.42. The fraction of sp³-hybridized carbons (Fsp3) is 0.263. The summed E-state index contributed by atoms with van der Waals surface area (Å²) in [5.74, 6) is -1.92. The molecule has 0 radical (unpaired) electrons. The van der Waals surface area contributed by atoms with Crippen LogP contribution in [-0.4, -0.2) is 32.9 Å². The molecular weight excluding hydrogens is 387 g/mol. The molecule has 1 atom stereocenters. The highest BCUT2D eigenvalue weighted by Crippen LogP contribution is 2.13. The van der Waals surface area contributed by atoms with Gasteiger partial charge in [0, 0.05) is 11.7 Å². The standard InChI is InChI=1S/C19H21FN2O5S/c1-3-13(2)22-28(25,26)17-9-7-14(8-10-17)19(24)27-12-18(23)21-16-6-4-5-15(20)11-16/h4-11,13,22H,3,12H2,1-2H3,(H,21,23). The van der Waals surface area contributed by atoms with Gasteiger partial charge in [0.15, 0.2) is 6.61 Å². The van der Waals surface area contributed by atoms with Gasteiger partial charge >= 0.3 is 5.97 Å². The second-order valence-electron chi connectivity index (χ2n) is 6.09. The van der Waals surface area contributed by atoms with Gasteiger partial charge in [-0.25, -0.2) is 22.3 Å². The molecule has 1 amide bonds. The van der Waals surface area contributed by atoms with E-state index >= 15 is 0 Å². The van der Waals surface area contributed by atoms with E-state index < -0.39 is 34.3 Å². The zero-order valence-corrected chi connectivity index (χ0v) is 16.3. The molecule has 0 aliphatic heterocycles. The van der Waals surface area contributed by atoms with Crippen molar-refractivity contribution in [2.45, 2.75) is 31.2 Å². The average Bonchev–Trinajstić information content (AvgIpc) is 2.65. The van der Waals surface area contributed by atoms with Crippen molar-refractivity contribution in [3.05, 3.63) is 59.9 Å². The molecule has 0 bridgehead atoms. The average molecular weight is 408 g/mol. The third-order valence-electron chi connectivity index (χ3n) is 3.81. The quantitative estimate of drug-likeness (QED) is 0.654. The van der Waals surface area contributed by atoms with E-state index in [0.717, 1.165) is 6.07 Å². The fourth-order valence-electron chi connectivity index (χ4n) is 2.16. The number of halogens is 1. The van der Waals surface area contributed by atoms with Crippen molar-refractivity contribution in [2.24, 2.45) is 0 Å². The minimum Gasteiger partial charge on any atom is -0.452 e. The van der Waals surface area contributed by atoms with E-state index in [-0.39, 0.29) is 22.2 Å². The van der Waals surface area contributed by atoms with Crippen LogP contribution in [0, 0.1) is 5.82 Å². The summed E-state index contributed by atoms with van der Waals surface area (Å²) >= 11 is 0. The molecule has 28 heavy (non-hydrogen) atoms. The highest BCUT2D eigenvalue weighted by Gasteiger charge is 2.18. The molecule has 2 aromatic rings. The fourth-order valence-corrected chi connectivity index (χ4v) is 3.49. The summed E-state index contributed by atoms with van der Waals surface area (Å²) in [5, 5.41) is 2.40. The summed E-state index contributed by atoms with van der Waals surface area (Å²) in [4.78, 5) is 23.8. The topological polar surface area (TPSA) is 102 Å². The lowest BCUT2D eigenvalue weighted by molar-refractivity contribution is -0.119.